The Hall–Kier alpha value is -2.29. The van der Waals surface area contributed by atoms with E-state index in [1.807, 2.05) is 62.4 Å². The average molecular weight is 281 g/mol. The van der Waals surface area contributed by atoms with Crippen LogP contribution in [0.4, 0.5) is 5.69 Å². The molecular formula is C18H19NO2. The molecule has 3 rings (SSSR count). The first-order valence-electron chi connectivity index (χ1n) is 7.29. The van der Waals surface area contributed by atoms with Gasteiger partial charge in [0.15, 0.2) is 5.78 Å². The highest BCUT2D eigenvalue weighted by Gasteiger charge is 2.25. The van der Waals surface area contributed by atoms with Gasteiger partial charge in [0.1, 0.15) is 5.75 Å². The predicted molar refractivity (Wildman–Crippen MR) is 84.0 cm³/mol. The first-order valence-corrected chi connectivity index (χ1v) is 7.29. The summed E-state index contributed by atoms with van der Waals surface area (Å²) in [6, 6.07) is 15.6. The van der Waals surface area contributed by atoms with Crippen LogP contribution in [0.5, 0.6) is 5.75 Å². The number of Topliss-reactive ketones (excluding diaryl/α,β-unsaturated/α-hetero) is 1. The third-order valence-electron chi connectivity index (χ3n) is 3.58. The molecule has 0 fully saturated rings. The maximum Gasteiger partial charge on any atom is 0.167 e. The molecule has 0 saturated carbocycles. The highest BCUT2D eigenvalue weighted by atomic mass is 16.5. The van der Waals surface area contributed by atoms with E-state index in [1.165, 1.54) is 0 Å². The summed E-state index contributed by atoms with van der Waals surface area (Å²) in [6.07, 6.45) is 0.615. The Morgan fingerprint density at radius 2 is 1.95 bits per heavy atom. The number of ketones is 1. The lowest BCUT2D eigenvalue weighted by Gasteiger charge is -2.26. The van der Waals surface area contributed by atoms with Gasteiger partial charge in [0.2, 0.25) is 0 Å². The Labute approximate surface area is 124 Å². The number of nitrogens with one attached hydrogen (secondary N) is 1. The van der Waals surface area contributed by atoms with Crippen molar-refractivity contribution in [1.82, 2.24) is 0 Å². The minimum atomic E-state index is 0.00288. The maximum absolute atomic E-state index is 12.3. The van der Waals surface area contributed by atoms with E-state index < -0.39 is 0 Å². The van der Waals surface area contributed by atoms with Gasteiger partial charge in [-0.2, -0.15) is 0 Å². The van der Waals surface area contributed by atoms with Crippen LogP contribution in [0.3, 0.4) is 0 Å². The van der Waals surface area contributed by atoms with E-state index in [1.54, 1.807) is 0 Å². The molecule has 0 radical (unpaired) electrons. The van der Waals surface area contributed by atoms with Crippen LogP contribution < -0.4 is 10.1 Å². The molecule has 0 amide bonds. The van der Waals surface area contributed by atoms with Gasteiger partial charge in [0.25, 0.3) is 0 Å². The van der Waals surface area contributed by atoms with E-state index in [9.17, 15) is 4.79 Å². The van der Waals surface area contributed by atoms with Crippen LogP contribution in [-0.4, -0.2) is 11.9 Å². The number of para-hydroxylation sites is 1. The molecule has 0 spiro atoms. The molecular weight excluding hydrogens is 262 g/mol. The molecule has 1 atom stereocenters. The van der Waals surface area contributed by atoms with E-state index >= 15 is 0 Å². The van der Waals surface area contributed by atoms with Gasteiger partial charge in [-0.1, -0.05) is 24.3 Å². The van der Waals surface area contributed by atoms with Crippen LogP contribution in [0, 0.1) is 0 Å². The molecule has 1 aliphatic rings. The van der Waals surface area contributed by atoms with Crippen molar-refractivity contribution in [2.45, 2.75) is 32.4 Å². The van der Waals surface area contributed by atoms with Crippen molar-refractivity contribution in [3.63, 3.8) is 0 Å². The lowest BCUT2D eigenvalue weighted by atomic mass is 9.92. The number of hydrogen-bond donors (Lipinski definition) is 1. The second-order valence-electron chi connectivity index (χ2n) is 5.61. The molecule has 2 aromatic rings. The summed E-state index contributed by atoms with van der Waals surface area (Å²) in [5.41, 5.74) is 2.77. The van der Waals surface area contributed by atoms with Crippen LogP contribution in [0.15, 0.2) is 48.5 Å². The normalized spacial score (nSPS) is 17.3. The summed E-state index contributed by atoms with van der Waals surface area (Å²) in [5.74, 6) is 1.03. The average Bonchev–Trinajstić information content (AvgIpc) is 2.47. The van der Waals surface area contributed by atoms with Crippen molar-refractivity contribution < 1.29 is 9.53 Å². The SMILES string of the molecule is CC(C)Oc1cccc([C@@H]2CC(=O)c3ccccc3N2)c1. The van der Waals surface area contributed by atoms with E-state index in [4.69, 9.17) is 4.74 Å². The second kappa shape index (κ2) is 5.60. The first-order chi connectivity index (χ1) is 10.1. The Morgan fingerprint density at radius 1 is 1.14 bits per heavy atom. The zero-order chi connectivity index (χ0) is 14.8. The van der Waals surface area contributed by atoms with Crippen molar-refractivity contribution in [3.8, 4) is 5.75 Å². The number of ether oxygens (including phenoxy) is 1. The van der Waals surface area contributed by atoms with Crippen LogP contribution in [0.2, 0.25) is 0 Å². The van der Waals surface area contributed by atoms with Crippen LogP contribution in [0.25, 0.3) is 0 Å². The van der Waals surface area contributed by atoms with Crippen LogP contribution in [0.1, 0.15) is 42.2 Å². The van der Waals surface area contributed by atoms with Crippen LogP contribution >= 0.6 is 0 Å². The lowest BCUT2D eigenvalue weighted by Crippen LogP contribution is -2.22. The standard InChI is InChI=1S/C18H19NO2/c1-12(2)21-14-7-5-6-13(10-14)17-11-18(20)15-8-3-4-9-16(15)19-17/h3-10,12,17,19H,11H2,1-2H3/t17-/m0/s1. The third kappa shape index (κ3) is 2.92. The van der Waals surface area contributed by atoms with Gasteiger partial charge in [0, 0.05) is 17.7 Å². The van der Waals surface area contributed by atoms with Gasteiger partial charge >= 0.3 is 0 Å². The number of rotatable bonds is 3. The van der Waals surface area contributed by atoms with Crippen molar-refractivity contribution in [3.05, 3.63) is 59.7 Å². The number of benzene rings is 2. The molecule has 1 N–H and O–H groups in total. The molecule has 108 valence electrons. The highest BCUT2D eigenvalue weighted by molar-refractivity contribution is 6.03. The second-order valence-corrected chi connectivity index (χ2v) is 5.61. The summed E-state index contributed by atoms with van der Waals surface area (Å²) < 4.78 is 5.73. The van der Waals surface area contributed by atoms with Gasteiger partial charge < -0.3 is 10.1 Å². The van der Waals surface area contributed by atoms with Gasteiger partial charge in [-0.25, -0.2) is 0 Å². The summed E-state index contributed by atoms with van der Waals surface area (Å²) in [5, 5.41) is 3.45. The van der Waals surface area contributed by atoms with Gasteiger partial charge in [-0.15, -0.1) is 0 Å². The third-order valence-corrected chi connectivity index (χ3v) is 3.58. The maximum atomic E-state index is 12.3. The zero-order valence-electron chi connectivity index (χ0n) is 12.3. The largest absolute Gasteiger partial charge is 0.491 e. The summed E-state index contributed by atoms with van der Waals surface area (Å²) in [7, 11) is 0. The van der Waals surface area contributed by atoms with E-state index in [0.29, 0.717) is 6.42 Å². The molecule has 21 heavy (non-hydrogen) atoms. The van der Waals surface area contributed by atoms with Crippen LogP contribution in [-0.2, 0) is 0 Å². The van der Waals surface area contributed by atoms with Crippen molar-refractivity contribution in [2.24, 2.45) is 0 Å². The molecule has 0 aromatic heterocycles. The van der Waals surface area contributed by atoms with Crippen molar-refractivity contribution in [2.75, 3.05) is 5.32 Å². The highest BCUT2D eigenvalue weighted by Crippen LogP contribution is 2.33. The molecule has 0 unspecified atom stereocenters. The van der Waals surface area contributed by atoms with Crippen molar-refractivity contribution >= 4 is 11.5 Å². The number of carbonyl (C=O) groups excluding carboxylic acids is 1. The number of fused-ring (bicyclic) bond motifs is 1. The summed E-state index contributed by atoms with van der Waals surface area (Å²) in [4.78, 5) is 12.3. The molecule has 3 heteroatoms. The van der Waals surface area contributed by atoms with E-state index in [2.05, 4.69) is 5.32 Å². The predicted octanol–water partition coefficient (Wildman–Crippen LogP) is 4.21. The smallest absolute Gasteiger partial charge is 0.167 e. The fourth-order valence-electron chi connectivity index (χ4n) is 2.66. The number of anilines is 1. The zero-order valence-corrected chi connectivity index (χ0v) is 12.3. The minimum absolute atomic E-state index is 0.00288. The summed E-state index contributed by atoms with van der Waals surface area (Å²) in [6.45, 7) is 4.01. The van der Waals surface area contributed by atoms with Gasteiger partial charge in [-0.3, -0.25) is 4.79 Å². The molecule has 3 nitrogen and oxygen atoms in total. The lowest BCUT2D eigenvalue weighted by molar-refractivity contribution is 0.0972. The Kier molecular flexibility index (Phi) is 3.65. The topological polar surface area (TPSA) is 38.3 Å². The summed E-state index contributed by atoms with van der Waals surface area (Å²) >= 11 is 0. The fraction of sp³-hybridized carbons (Fsp3) is 0.278. The fourth-order valence-corrected chi connectivity index (χ4v) is 2.66. The Balaban J connectivity index is 1.87. The molecule has 1 aliphatic heterocycles. The molecule has 0 bridgehead atoms. The monoisotopic (exact) mass is 281 g/mol. The molecule has 2 aromatic carbocycles. The minimum Gasteiger partial charge on any atom is -0.491 e. The molecule has 1 heterocycles. The van der Waals surface area contributed by atoms with Gasteiger partial charge in [-0.05, 0) is 43.7 Å². The van der Waals surface area contributed by atoms with E-state index in [-0.39, 0.29) is 17.9 Å². The number of carbonyl (C=O) groups is 1. The Bertz CT molecular complexity index is 664. The number of hydrogen-bond acceptors (Lipinski definition) is 3. The quantitative estimate of drug-likeness (QED) is 0.915. The van der Waals surface area contributed by atoms with Crippen molar-refractivity contribution in [1.29, 1.82) is 0 Å². The van der Waals surface area contributed by atoms with E-state index in [0.717, 1.165) is 22.6 Å². The Morgan fingerprint density at radius 3 is 2.76 bits per heavy atom. The molecule has 0 saturated heterocycles. The molecule has 0 aliphatic carbocycles. The van der Waals surface area contributed by atoms with Gasteiger partial charge in [0.05, 0.1) is 12.1 Å². The first kappa shape index (κ1) is 13.7.